The molecule has 0 aromatic rings. The Kier molecular flexibility index (Phi) is 12.7. The van der Waals surface area contributed by atoms with Crippen molar-refractivity contribution in [1.82, 2.24) is 9.80 Å². The van der Waals surface area contributed by atoms with Crippen LogP contribution < -0.4 is 0 Å². The molecule has 0 aromatic carbocycles. The maximum atomic E-state index is 14.8. The SMILES string of the molecule is O=P(CCC[Si]12OCCC(CCO1)CCO2)(CCC[Si]12OCCN(CCO1)CCO2)CCC[Si]12OCCN(CCO1)CCO2. The van der Waals surface area contributed by atoms with Crippen LogP contribution in [0.2, 0.25) is 18.1 Å². The summed E-state index contributed by atoms with van der Waals surface area (Å²) >= 11 is 0. The molecule has 44 heavy (non-hydrogen) atoms. The lowest BCUT2D eigenvalue weighted by molar-refractivity contribution is -0.00873. The number of fused-ring (bicyclic) bond motifs is 18. The van der Waals surface area contributed by atoms with Gasteiger partial charge in [-0.1, -0.05) is 0 Å². The third-order valence-electron chi connectivity index (χ3n) is 10.1. The summed E-state index contributed by atoms with van der Waals surface area (Å²) in [5.41, 5.74) is 0. The summed E-state index contributed by atoms with van der Waals surface area (Å²) in [5, 5.41) is 0. The zero-order valence-corrected chi connectivity index (χ0v) is 30.5. The summed E-state index contributed by atoms with van der Waals surface area (Å²) in [6, 6.07) is 2.17. The maximum absolute atomic E-state index is 14.8. The second-order valence-electron chi connectivity index (χ2n) is 13.1. The van der Waals surface area contributed by atoms with Gasteiger partial charge in [-0.05, 0) is 44.4 Å². The van der Waals surface area contributed by atoms with Gasteiger partial charge in [0.15, 0.2) is 0 Å². The Morgan fingerprint density at radius 3 is 1.02 bits per heavy atom. The van der Waals surface area contributed by atoms with Crippen molar-refractivity contribution in [2.24, 2.45) is 5.92 Å². The van der Waals surface area contributed by atoms with Crippen molar-refractivity contribution in [3.05, 3.63) is 0 Å². The van der Waals surface area contributed by atoms with Gasteiger partial charge in [0.2, 0.25) is 0 Å². The first kappa shape index (κ1) is 34.3. The monoisotopic (exact) mass is 694 g/mol. The molecule has 16 heteroatoms. The van der Waals surface area contributed by atoms with E-state index in [2.05, 4.69) is 9.80 Å². The highest BCUT2D eigenvalue weighted by molar-refractivity contribution is 7.63. The van der Waals surface area contributed by atoms with Crippen LogP contribution in [0.15, 0.2) is 0 Å². The normalized spacial score (nSPS) is 39.9. The van der Waals surface area contributed by atoms with E-state index in [4.69, 9.17) is 39.8 Å². The van der Waals surface area contributed by atoms with Crippen LogP contribution in [0.5, 0.6) is 0 Å². The fraction of sp³-hybridized carbons (Fsp3) is 1.00. The smallest absolute Gasteiger partial charge is 0.373 e. The molecule has 9 fully saturated rings. The van der Waals surface area contributed by atoms with Crippen molar-refractivity contribution >= 4 is 33.6 Å². The molecule has 0 aliphatic carbocycles. The molecule has 254 valence electrons. The summed E-state index contributed by atoms with van der Waals surface area (Å²) in [6.07, 6.45) is 7.60. The zero-order valence-electron chi connectivity index (χ0n) is 26.6. The van der Waals surface area contributed by atoms with E-state index in [9.17, 15) is 4.57 Å². The summed E-state index contributed by atoms with van der Waals surface area (Å²) in [4.78, 5) is 4.66. The van der Waals surface area contributed by atoms with E-state index < -0.39 is 33.6 Å². The third kappa shape index (κ3) is 9.53. The first-order valence-electron chi connectivity index (χ1n) is 17.2. The zero-order chi connectivity index (χ0) is 30.2. The summed E-state index contributed by atoms with van der Waals surface area (Å²) < 4.78 is 71.4. The molecular weight excluding hydrogens is 640 g/mol. The van der Waals surface area contributed by atoms with Crippen molar-refractivity contribution in [3.8, 4) is 0 Å². The molecule has 9 saturated heterocycles. The van der Waals surface area contributed by atoms with Gasteiger partial charge in [-0.25, -0.2) is 0 Å². The van der Waals surface area contributed by atoms with E-state index in [1.807, 2.05) is 0 Å². The van der Waals surface area contributed by atoms with E-state index in [0.29, 0.717) is 83.9 Å². The van der Waals surface area contributed by atoms with Crippen LogP contribution in [0.1, 0.15) is 38.5 Å². The summed E-state index contributed by atoms with van der Waals surface area (Å²) in [5.74, 6) is 0.631. The molecule has 9 aliphatic heterocycles. The molecule has 12 nitrogen and oxygen atoms in total. The lowest BCUT2D eigenvalue weighted by Crippen LogP contribution is -2.55. The van der Waals surface area contributed by atoms with Crippen LogP contribution in [0.3, 0.4) is 0 Å². The third-order valence-corrected chi connectivity index (χ3v) is 22.2. The quantitative estimate of drug-likeness (QED) is 0.222. The predicted molar refractivity (Wildman–Crippen MR) is 172 cm³/mol. The maximum Gasteiger partial charge on any atom is 0.501 e. The number of nitrogens with zero attached hydrogens (tertiary/aromatic N) is 2. The lowest BCUT2D eigenvalue weighted by Gasteiger charge is -2.38. The molecule has 6 bridgehead atoms. The van der Waals surface area contributed by atoms with Crippen LogP contribution in [0, 0.1) is 5.92 Å². The number of rotatable bonds is 12. The highest BCUT2D eigenvalue weighted by Gasteiger charge is 2.47. The van der Waals surface area contributed by atoms with Crippen molar-refractivity contribution in [2.75, 3.05) is 117 Å². The van der Waals surface area contributed by atoms with Crippen LogP contribution in [0.4, 0.5) is 0 Å². The number of hydrogen-bond donors (Lipinski definition) is 0. The molecule has 0 amide bonds. The minimum atomic E-state index is -2.76. The molecular formula is C28H55N2O10PSi3. The highest BCUT2D eigenvalue weighted by Crippen LogP contribution is 2.50. The van der Waals surface area contributed by atoms with Gasteiger partial charge in [0, 0.05) is 95.7 Å². The molecule has 0 atom stereocenters. The Morgan fingerprint density at radius 1 is 0.455 bits per heavy atom. The van der Waals surface area contributed by atoms with E-state index in [1.165, 1.54) is 0 Å². The van der Waals surface area contributed by atoms with Crippen LogP contribution in [0.25, 0.3) is 0 Å². The van der Waals surface area contributed by atoms with Gasteiger partial charge in [-0.3, -0.25) is 9.80 Å². The Hall–Kier alpha value is 0.441. The van der Waals surface area contributed by atoms with Gasteiger partial charge in [0.05, 0.1) is 46.8 Å². The van der Waals surface area contributed by atoms with Gasteiger partial charge in [0.25, 0.3) is 0 Å². The Morgan fingerprint density at radius 2 is 0.727 bits per heavy atom. The topological polar surface area (TPSA) is 107 Å². The van der Waals surface area contributed by atoms with Crippen molar-refractivity contribution in [2.45, 2.75) is 56.7 Å². The minimum Gasteiger partial charge on any atom is -0.373 e. The fourth-order valence-corrected chi connectivity index (χ4v) is 18.7. The minimum absolute atomic E-state index is 0.631. The average Bonchev–Trinajstić information content (AvgIpc) is 2.90. The van der Waals surface area contributed by atoms with E-state index in [-0.39, 0.29) is 0 Å². The van der Waals surface area contributed by atoms with Crippen LogP contribution in [-0.4, -0.2) is 153 Å². The highest BCUT2D eigenvalue weighted by atomic mass is 31.2. The molecule has 0 radical (unpaired) electrons. The van der Waals surface area contributed by atoms with Gasteiger partial charge in [-0.2, -0.15) is 0 Å². The number of hydrogen-bond acceptors (Lipinski definition) is 12. The molecule has 0 saturated carbocycles. The second kappa shape index (κ2) is 16.2. The van der Waals surface area contributed by atoms with Gasteiger partial charge in [0.1, 0.15) is 0 Å². The fourth-order valence-electron chi connectivity index (χ4n) is 7.34. The Bertz CT molecular complexity index is 764. The van der Waals surface area contributed by atoms with E-state index in [0.717, 1.165) is 95.9 Å². The summed E-state index contributed by atoms with van der Waals surface area (Å²) in [6.45, 7) is 11.5. The molecule has 9 heterocycles. The lowest BCUT2D eigenvalue weighted by atomic mass is 9.99. The van der Waals surface area contributed by atoms with Gasteiger partial charge >= 0.3 is 26.4 Å². The summed E-state index contributed by atoms with van der Waals surface area (Å²) in [7, 11) is -10.8. The molecule has 0 unspecified atom stereocenters. The second-order valence-corrected chi connectivity index (χ2v) is 24.8. The largest absolute Gasteiger partial charge is 0.501 e. The van der Waals surface area contributed by atoms with Crippen molar-refractivity contribution in [1.29, 1.82) is 0 Å². The Balaban J connectivity index is 1.07. The van der Waals surface area contributed by atoms with Crippen LogP contribution in [-0.2, 0) is 44.4 Å². The van der Waals surface area contributed by atoms with E-state index >= 15 is 0 Å². The van der Waals surface area contributed by atoms with Crippen LogP contribution >= 0.6 is 7.14 Å². The van der Waals surface area contributed by atoms with Gasteiger partial charge < -0.3 is 44.4 Å². The molecule has 9 rings (SSSR count). The first-order valence-corrected chi connectivity index (χ1v) is 25.3. The molecule has 9 aliphatic rings. The standard InChI is InChI=1S/C28H55N2O10PSi3/c31-41(22-1-25-42-32-13-4-28(5-14-33-42)6-15-34-42,23-2-26-43-35-16-7-29(8-17-36-43)9-18-37-43)24-3-27-44-38-19-10-30(11-20-39-44)12-21-40-44/h28H,1-27H2. The van der Waals surface area contributed by atoms with E-state index in [1.54, 1.807) is 0 Å². The van der Waals surface area contributed by atoms with Gasteiger partial charge in [-0.15, -0.1) is 0 Å². The molecule has 0 spiro atoms. The average molecular weight is 695 g/mol. The van der Waals surface area contributed by atoms with Crippen molar-refractivity contribution in [3.63, 3.8) is 0 Å². The molecule has 0 N–H and O–H groups in total. The predicted octanol–water partition coefficient (Wildman–Crippen LogP) is 2.96. The first-order chi connectivity index (χ1) is 21.5. The van der Waals surface area contributed by atoms with Crippen molar-refractivity contribution < 1.29 is 44.4 Å². The molecule has 0 aromatic heterocycles. The Labute approximate surface area is 267 Å².